The lowest BCUT2D eigenvalue weighted by atomic mass is 10.3. The van der Waals surface area contributed by atoms with Gasteiger partial charge in [-0.3, -0.25) is 0 Å². The van der Waals surface area contributed by atoms with Gasteiger partial charge in [0.15, 0.2) is 0 Å². The summed E-state index contributed by atoms with van der Waals surface area (Å²) in [5, 5.41) is 0. The first-order valence-electron chi connectivity index (χ1n) is 5.10. The van der Waals surface area contributed by atoms with Crippen molar-refractivity contribution < 1.29 is 9.47 Å². The zero-order valence-electron chi connectivity index (χ0n) is 8.95. The topological polar surface area (TPSA) is 21.7 Å². The molecule has 0 amide bonds. The van der Waals surface area contributed by atoms with Crippen molar-refractivity contribution in [2.24, 2.45) is 0 Å². The monoisotopic (exact) mass is 187 g/mol. The minimum Gasteiger partial charge on any atom is -0.376 e. The van der Waals surface area contributed by atoms with Crippen LogP contribution in [0.5, 0.6) is 0 Å². The van der Waals surface area contributed by atoms with Crippen molar-refractivity contribution in [2.45, 2.75) is 32.5 Å². The first kappa shape index (κ1) is 11.0. The summed E-state index contributed by atoms with van der Waals surface area (Å²) in [7, 11) is 2.13. The number of nitrogens with zero attached hydrogens (tertiary/aromatic N) is 1. The fourth-order valence-corrected chi connectivity index (χ4v) is 1.53. The molecule has 1 fully saturated rings. The number of hydrogen-bond acceptors (Lipinski definition) is 3. The predicted octanol–water partition coefficient (Wildman–Crippen LogP) is 1.13. The normalized spacial score (nSPS) is 24.5. The minimum absolute atomic E-state index is 0.315. The number of likely N-dealkylation sites (tertiary alicyclic amines) is 1. The van der Waals surface area contributed by atoms with Crippen LogP contribution < -0.4 is 0 Å². The van der Waals surface area contributed by atoms with Crippen LogP contribution in [0.4, 0.5) is 0 Å². The molecule has 78 valence electrons. The van der Waals surface area contributed by atoms with Crippen molar-refractivity contribution in [3.05, 3.63) is 0 Å². The molecule has 0 spiro atoms. The molecule has 3 nitrogen and oxygen atoms in total. The van der Waals surface area contributed by atoms with Gasteiger partial charge in [-0.15, -0.1) is 0 Å². The van der Waals surface area contributed by atoms with Crippen LogP contribution in [0.25, 0.3) is 0 Å². The molecule has 0 bridgehead atoms. The molecule has 1 aliphatic heterocycles. The quantitative estimate of drug-likeness (QED) is 0.602. The Balaban J connectivity index is 1.94. The zero-order valence-corrected chi connectivity index (χ0v) is 8.95. The summed E-state index contributed by atoms with van der Waals surface area (Å²) in [6.07, 6.45) is 1.91. The molecule has 1 rings (SSSR count). The Hall–Kier alpha value is -0.120. The Morgan fingerprint density at radius 2 is 2.15 bits per heavy atom. The van der Waals surface area contributed by atoms with Gasteiger partial charge < -0.3 is 14.4 Å². The predicted molar refractivity (Wildman–Crippen MR) is 52.9 cm³/mol. The average molecular weight is 187 g/mol. The summed E-state index contributed by atoms with van der Waals surface area (Å²) in [4.78, 5) is 2.30. The van der Waals surface area contributed by atoms with Gasteiger partial charge in [-0.25, -0.2) is 0 Å². The Kier molecular flexibility index (Phi) is 4.70. The highest BCUT2D eigenvalue weighted by atomic mass is 16.5. The van der Waals surface area contributed by atoms with Gasteiger partial charge >= 0.3 is 0 Å². The fraction of sp³-hybridized carbons (Fsp3) is 1.00. The van der Waals surface area contributed by atoms with Crippen molar-refractivity contribution in [1.29, 1.82) is 0 Å². The Morgan fingerprint density at radius 3 is 2.69 bits per heavy atom. The van der Waals surface area contributed by atoms with E-state index in [9.17, 15) is 0 Å². The van der Waals surface area contributed by atoms with Crippen LogP contribution in [0.2, 0.25) is 0 Å². The molecular formula is C10H21NO2. The molecule has 1 heterocycles. The molecule has 0 radical (unpaired) electrons. The summed E-state index contributed by atoms with van der Waals surface area (Å²) in [6.45, 7) is 7.78. The molecular weight excluding hydrogens is 166 g/mol. The van der Waals surface area contributed by atoms with Crippen LogP contribution in [0.3, 0.4) is 0 Å². The van der Waals surface area contributed by atoms with Gasteiger partial charge in [0.2, 0.25) is 0 Å². The molecule has 0 saturated carbocycles. The standard InChI is InChI=1S/C10H21NO2/c1-9(2)12-6-7-13-10-4-5-11(3)8-10/h9-10H,4-8H2,1-3H3/t10-/m0/s1. The van der Waals surface area contributed by atoms with Gasteiger partial charge in [0.25, 0.3) is 0 Å². The lowest BCUT2D eigenvalue weighted by molar-refractivity contribution is -0.00831. The van der Waals surface area contributed by atoms with E-state index < -0.39 is 0 Å². The van der Waals surface area contributed by atoms with E-state index in [1.807, 2.05) is 13.8 Å². The lowest BCUT2D eigenvalue weighted by Crippen LogP contribution is -2.21. The second kappa shape index (κ2) is 5.58. The van der Waals surface area contributed by atoms with Crippen LogP contribution in [-0.2, 0) is 9.47 Å². The van der Waals surface area contributed by atoms with Crippen molar-refractivity contribution in [3.8, 4) is 0 Å². The Bertz CT molecular complexity index is 139. The van der Waals surface area contributed by atoms with Crippen molar-refractivity contribution in [1.82, 2.24) is 4.90 Å². The number of likely N-dealkylation sites (N-methyl/N-ethyl adjacent to an activating group) is 1. The fourth-order valence-electron chi connectivity index (χ4n) is 1.53. The van der Waals surface area contributed by atoms with Crippen molar-refractivity contribution in [3.63, 3.8) is 0 Å². The highest BCUT2D eigenvalue weighted by molar-refractivity contribution is 4.72. The van der Waals surface area contributed by atoms with E-state index in [1.165, 1.54) is 0 Å². The van der Waals surface area contributed by atoms with Crippen molar-refractivity contribution in [2.75, 3.05) is 33.4 Å². The maximum absolute atomic E-state index is 5.66. The minimum atomic E-state index is 0.315. The van der Waals surface area contributed by atoms with Crippen LogP contribution in [0.15, 0.2) is 0 Å². The van der Waals surface area contributed by atoms with Gasteiger partial charge in [-0.1, -0.05) is 0 Å². The van der Waals surface area contributed by atoms with E-state index in [1.54, 1.807) is 0 Å². The molecule has 1 atom stereocenters. The summed E-state index contributed by atoms with van der Waals surface area (Å²) in [5.74, 6) is 0. The zero-order chi connectivity index (χ0) is 9.68. The summed E-state index contributed by atoms with van der Waals surface area (Å²) >= 11 is 0. The molecule has 1 aliphatic rings. The smallest absolute Gasteiger partial charge is 0.0715 e. The highest BCUT2D eigenvalue weighted by Crippen LogP contribution is 2.09. The lowest BCUT2D eigenvalue weighted by Gasteiger charge is -2.13. The third-order valence-electron chi connectivity index (χ3n) is 2.24. The summed E-state index contributed by atoms with van der Waals surface area (Å²) < 4.78 is 11.0. The highest BCUT2D eigenvalue weighted by Gasteiger charge is 2.19. The number of rotatable bonds is 5. The largest absolute Gasteiger partial charge is 0.376 e. The number of ether oxygens (including phenoxy) is 2. The molecule has 13 heavy (non-hydrogen) atoms. The molecule has 0 N–H and O–H groups in total. The third kappa shape index (κ3) is 4.60. The number of hydrogen-bond donors (Lipinski definition) is 0. The van der Waals surface area contributed by atoms with Gasteiger partial charge in [0.1, 0.15) is 0 Å². The van der Waals surface area contributed by atoms with E-state index in [4.69, 9.17) is 9.47 Å². The first-order chi connectivity index (χ1) is 6.18. The van der Waals surface area contributed by atoms with E-state index in [0.717, 1.165) is 32.7 Å². The van der Waals surface area contributed by atoms with Crippen LogP contribution in [0.1, 0.15) is 20.3 Å². The average Bonchev–Trinajstić information content (AvgIpc) is 2.45. The van der Waals surface area contributed by atoms with Gasteiger partial charge in [0.05, 0.1) is 25.4 Å². The molecule has 0 aromatic carbocycles. The molecule has 0 aromatic rings. The first-order valence-corrected chi connectivity index (χ1v) is 5.10. The second-order valence-electron chi connectivity index (χ2n) is 3.96. The van der Waals surface area contributed by atoms with Gasteiger partial charge in [0, 0.05) is 13.1 Å². The van der Waals surface area contributed by atoms with Crippen LogP contribution in [0, 0.1) is 0 Å². The maximum atomic E-state index is 5.66. The summed E-state index contributed by atoms with van der Waals surface area (Å²) in [5.41, 5.74) is 0. The van der Waals surface area contributed by atoms with E-state index in [0.29, 0.717) is 12.2 Å². The molecule has 3 heteroatoms. The van der Waals surface area contributed by atoms with Crippen LogP contribution >= 0.6 is 0 Å². The van der Waals surface area contributed by atoms with Crippen molar-refractivity contribution >= 4 is 0 Å². The Morgan fingerprint density at radius 1 is 1.38 bits per heavy atom. The molecule has 0 aromatic heterocycles. The molecule has 1 saturated heterocycles. The second-order valence-corrected chi connectivity index (χ2v) is 3.96. The molecule has 0 unspecified atom stereocenters. The van der Waals surface area contributed by atoms with E-state index >= 15 is 0 Å². The van der Waals surface area contributed by atoms with Crippen LogP contribution in [-0.4, -0.2) is 50.5 Å². The maximum Gasteiger partial charge on any atom is 0.0715 e. The van der Waals surface area contributed by atoms with Gasteiger partial charge in [-0.05, 0) is 27.3 Å². The van der Waals surface area contributed by atoms with E-state index in [-0.39, 0.29) is 0 Å². The molecule has 0 aliphatic carbocycles. The third-order valence-corrected chi connectivity index (χ3v) is 2.24. The van der Waals surface area contributed by atoms with E-state index in [2.05, 4.69) is 11.9 Å². The van der Waals surface area contributed by atoms with Gasteiger partial charge in [-0.2, -0.15) is 0 Å². The summed E-state index contributed by atoms with van der Waals surface area (Å²) in [6, 6.07) is 0. The Labute approximate surface area is 81.0 Å². The SMILES string of the molecule is CC(C)OCCO[C@H]1CCN(C)C1.